The van der Waals surface area contributed by atoms with E-state index in [0.717, 1.165) is 55.2 Å². The van der Waals surface area contributed by atoms with Crippen molar-refractivity contribution < 1.29 is 29.3 Å². The van der Waals surface area contributed by atoms with Gasteiger partial charge in [0.15, 0.2) is 0 Å². The SMILES string of the molecule is CCOc1ccc(CN2CCN(Cc3cc(Br)ccc3OC)CC2)cc1.O=C(O)C(=O)O. The topological polar surface area (TPSA) is 99.5 Å². The fourth-order valence-electron chi connectivity index (χ4n) is 3.33. The van der Waals surface area contributed by atoms with Gasteiger partial charge in [-0.15, -0.1) is 0 Å². The Bertz CT molecular complexity index is 871. The Kier molecular flexibility index (Phi) is 10.5. The molecular weight excluding hydrogens is 480 g/mol. The second kappa shape index (κ2) is 13.0. The Morgan fingerprint density at radius 3 is 2.00 bits per heavy atom. The Balaban J connectivity index is 0.000000534. The minimum atomic E-state index is -1.82. The Labute approximate surface area is 196 Å². The number of hydrogen-bond donors (Lipinski definition) is 2. The molecule has 0 aliphatic carbocycles. The number of aliphatic carboxylic acids is 2. The van der Waals surface area contributed by atoms with Gasteiger partial charge in [0.05, 0.1) is 13.7 Å². The van der Waals surface area contributed by atoms with Crippen molar-refractivity contribution in [1.82, 2.24) is 9.80 Å². The van der Waals surface area contributed by atoms with Crippen LogP contribution in [0.25, 0.3) is 0 Å². The second-order valence-electron chi connectivity index (χ2n) is 7.20. The van der Waals surface area contributed by atoms with Gasteiger partial charge < -0.3 is 19.7 Å². The van der Waals surface area contributed by atoms with Gasteiger partial charge in [-0.3, -0.25) is 9.80 Å². The second-order valence-corrected chi connectivity index (χ2v) is 8.11. The smallest absolute Gasteiger partial charge is 0.414 e. The summed E-state index contributed by atoms with van der Waals surface area (Å²) in [4.78, 5) is 23.2. The Morgan fingerprint density at radius 2 is 1.50 bits per heavy atom. The molecule has 0 saturated carbocycles. The van der Waals surface area contributed by atoms with Gasteiger partial charge >= 0.3 is 11.9 Å². The maximum atomic E-state index is 9.10. The molecule has 1 aliphatic rings. The minimum Gasteiger partial charge on any atom is -0.496 e. The van der Waals surface area contributed by atoms with Crippen molar-refractivity contribution >= 4 is 27.9 Å². The zero-order chi connectivity index (χ0) is 23.5. The monoisotopic (exact) mass is 508 g/mol. The first-order valence-corrected chi connectivity index (χ1v) is 11.1. The van der Waals surface area contributed by atoms with Crippen molar-refractivity contribution in [2.45, 2.75) is 20.0 Å². The van der Waals surface area contributed by atoms with Crippen LogP contribution in [0.5, 0.6) is 11.5 Å². The summed E-state index contributed by atoms with van der Waals surface area (Å²) < 4.78 is 12.1. The Morgan fingerprint density at radius 1 is 0.938 bits per heavy atom. The van der Waals surface area contributed by atoms with Gasteiger partial charge in [-0.2, -0.15) is 0 Å². The highest BCUT2D eigenvalue weighted by atomic mass is 79.9. The van der Waals surface area contributed by atoms with Crippen molar-refractivity contribution in [2.24, 2.45) is 0 Å². The van der Waals surface area contributed by atoms with Gasteiger partial charge in [0.2, 0.25) is 0 Å². The molecule has 3 rings (SSSR count). The maximum absolute atomic E-state index is 9.10. The average Bonchev–Trinajstić information content (AvgIpc) is 2.77. The van der Waals surface area contributed by atoms with Crippen molar-refractivity contribution in [3.8, 4) is 11.5 Å². The normalized spacial score (nSPS) is 14.2. The number of carbonyl (C=O) groups is 2. The molecule has 1 heterocycles. The highest BCUT2D eigenvalue weighted by molar-refractivity contribution is 9.10. The van der Waals surface area contributed by atoms with Crippen LogP contribution in [-0.4, -0.2) is 71.8 Å². The summed E-state index contributed by atoms with van der Waals surface area (Å²) in [6.07, 6.45) is 0. The first-order valence-electron chi connectivity index (χ1n) is 10.3. The lowest BCUT2D eigenvalue weighted by Crippen LogP contribution is -2.45. The predicted octanol–water partition coefficient (Wildman–Crippen LogP) is 3.33. The molecule has 0 atom stereocenters. The number of ether oxygens (including phenoxy) is 2. The molecule has 0 aromatic heterocycles. The van der Waals surface area contributed by atoms with Gasteiger partial charge in [0.1, 0.15) is 11.5 Å². The lowest BCUT2D eigenvalue weighted by molar-refractivity contribution is -0.159. The summed E-state index contributed by atoms with van der Waals surface area (Å²) in [5, 5.41) is 14.8. The molecule has 1 fully saturated rings. The van der Waals surface area contributed by atoms with Crippen LogP contribution in [0.15, 0.2) is 46.9 Å². The minimum absolute atomic E-state index is 0.712. The van der Waals surface area contributed by atoms with Crippen LogP contribution in [0, 0.1) is 0 Å². The van der Waals surface area contributed by atoms with Crippen LogP contribution >= 0.6 is 15.9 Å². The van der Waals surface area contributed by atoms with E-state index in [2.05, 4.69) is 56.1 Å². The third kappa shape index (κ3) is 8.49. The molecule has 8 nitrogen and oxygen atoms in total. The molecular formula is C23H29BrN2O6. The van der Waals surface area contributed by atoms with E-state index in [1.807, 2.05) is 19.1 Å². The third-order valence-corrected chi connectivity index (χ3v) is 5.42. The van der Waals surface area contributed by atoms with Crippen LogP contribution in [0.3, 0.4) is 0 Å². The van der Waals surface area contributed by atoms with Crippen molar-refractivity contribution in [3.05, 3.63) is 58.1 Å². The number of halogens is 1. The number of benzene rings is 2. The number of rotatable bonds is 7. The van der Waals surface area contributed by atoms with Gasteiger partial charge in [0.25, 0.3) is 0 Å². The number of nitrogens with zero attached hydrogens (tertiary/aromatic N) is 2. The number of piperazine rings is 1. The van der Waals surface area contributed by atoms with Crippen molar-refractivity contribution in [1.29, 1.82) is 0 Å². The maximum Gasteiger partial charge on any atom is 0.414 e. The molecule has 0 amide bonds. The molecule has 174 valence electrons. The molecule has 32 heavy (non-hydrogen) atoms. The van der Waals surface area contributed by atoms with Gasteiger partial charge in [0, 0.05) is 49.3 Å². The number of carboxylic acid groups (broad SMARTS) is 2. The number of methoxy groups -OCH3 is 1. The van der Waals surface area contributed by atoms with Gasteiger partial charge in [-0.25, -0.2) is 9.59 Å². The van der Waals surface area contributed by atoms with E-state index in [9.17, 15) is 0 Å². The molecule has 0 bridgehead atoms. The van der Waals surface area contributed by atoms with Crippen LogP contribution in [0.4, 0.5) is 0 Å². The van der Waals surface area contributed by atoms with Crippen LogP contribution in [0.2, 0.25) is 0 Å². The van der Waals surface area contributed by atoms with E-state index in [1.165, 1.54) is 11.1 Å². The summed E-state index contributed by atoms with van der Waals surface area (Å²) in [6.45, 7) is 8.98. The average molecular weight is 509 g/mol. The standard InChI is InChI=1S/C21H27BrN2O2.C2H2O4/c1-3-26-20-7-4-17(5-8-20)15-23-10-12-24(13-11-23)16-18-14-19(22)6-9-21(18)25-2;3-1(4)2(5)6/h4-9,14H,3,10-13,15-16H2,1-2H3;(H,3,4)(H,5,6). The lowest BCUT2D eigenvalue weighted by Gasteiger charge is -2.35. The number of carboxylic acids is 2. The summed E-state index contributed by atoms with van der Waals surface area (Å²) in [5.74, 6) is -1.74. The molecule has 0 spiro atoms. The van der Waals surface area contributed by atoms with E-state index in [4.69, 9.17) is 29.3 Å². The number of hydrogen-bond acceptors (Lipinski definition) is 6. The first kappa shape index (κ1) is 25.6. The molecule has 2 aromatic carbocycles. The predicted molar refractivity (Wildman–Crippen MR) is 124 cm³/mol. The molecule has 2 aromatic rings. The van der Waals surface area contributed by atoms with Crippen LogP contribution < -0.4 is 9.47 Å². The summed E-state index contributed by atoms with van der Waals surface area (Å²) in [6, 6.07) is 14.7. The van der Waals surface area contributed by atoms with Gasteiger partial charge in [-0.05, 0) is 42.8 Å². The molecule has 1 aliphatic heterocycles. The summed E-state index contributed by atoms with van der Waals surface area (Å²) in [7, 11) is 1.74. The van der Waals surface area contributed by atoms with Crippen molar-refractivity contribution in [2.75, 3.05) is 39.9 Å². The summed E-state index contributed by atoms with van der Waals surface area (Å²) in [5.41, 5.74) is 2.58. The zero-order valence-electron chi connectivity index (χ0n) is 18.3. The molecule has 0 unspecified atom stereocenters. The molecule has 9 heteroatoms. The fraction of sp³-hybridized carbons (Fsp3) is 0.391. The molecule has 1 saturated heterocycles. The first-order chi connectivity index (χ1) is 15.3. The fourth-order valence-corrected chi connectivity index (χ4v) is 3.74. The summed E-state index contributed by atoms with van der Waals surface area (Å²) >= 11 is 3.56. The molecule has 2 N–H and O–H groups in total. The highest BCUT2D eigenvalue weighted by Crippen LogP contribution is 2.25. The van der Waals surface area contributed by atoms with E-state index in [-0.39, 0.29) is 0 Å². The van der Waals surface area contributed by atoms with E-state index < -0.39 is 11.9 Å². The highest BCUT2D eigenvalue weighted by Gasteiger charge is 2.18. The van der Waals surface area contributed by atoms with E-state index in [1.54, 1.807) is 7.11 Å². The largest absolute Gasteiger partial charge is 0.496 e. The van der Waals surface area contributed by atoms with Gasteiger partial charge in [-0.1, -0.05) is 28.1 Å². The quantitative estimate of drug-likeness (QED) is 0.549. The van der Waals surface area contributed by atoms with E-state index >= 15 is 0 Å². The lowest BCUT2D eigenvalue weighted by atomic mass is 10.1. The third-order valence-electron chi connectivity index (χ3n) is 4.92. The molecule has 0 radical (unpaired) electrons. The Hall–Kier alpha value is -2.62. The van der Waals surface area contributed by atoms with E-state index in [0.29, 0.717) is 6.61 Å². The van der Waals surface area contributed by atoms with Crippen molar-refractivity contribution in [3.63, 3.8) is 0 Å². The van der Waals surface area contributed by atoms with Crippen LogP contribution in [0.1, 0.15) is 18.1 Å². The van der Waals surface area contributed by atoms with Crippen LogP contribution in [-0.2, 0) is 22.7 Å². The zero-order valence-corrected chi connectivity index (χ0v) is 19.9.